The van der Waals surface area contributed by atoms with Crippen LogP contribution in [0.5, 0.6) is 0 Å². The zero-order valence-corrected chi connectivity index (χ0v) is 15.4. The van der Waals surface area contributed by atoms with Crippen molar-refractivity contribution in [2.45, 2.75) is 38.6 Å². The molecule has 2 aliphatic heterocycles. The molecule has 3 fully saturated rings. The highest BCUT2D eigenvalue weighted by Gasteiger charge is 2.27. The molecular formula is C18H32N4O3. The molecule has 0 aromatic heterocycles. The van der Waals surface area contributed by atoms with Crippen molar-refractivity contribution in [2.24, 2.45) is 5.92 Å². The summed E-state index contributed by atoms with van der Waals surface area (Å²) in [5.41, 5.74) is 0. The molecule has 25 heavy (non-hydrogen) atoms. The Hall–Kier alpha value is -1.34. The molecule has 0 unspecified atom stereocenters. The molecule has 142 valence electrons. The van der Waals surface area contributed by atoms with E-state index in [2.05, 4.69) is 17.1 Å². The Morgan fingerprint density at radius 1 is 0.920 bits per heavy atom. The van der Waals surface area contributed by atoms with Crippen molar-refractivity contribution in [1.29, 1.82) is 0 Å². The summed E-state index contributed by atoms with van der Waals surface area (Å²) in [7, 11) is 0. The van der Waals surface area contributed by atoms with E-state index >= 15 is 0 Å². The molecular weight excluding hydrogens is 320 g/mol. The smallest absolute Gasteiger partial charge is 0.320 e. The van der Waals surface area contributed by atoms with Gasteiger partial charge in [-0.2, -0.15) is 0 Å². The van der Waals surface area contributed by atoms with Crippen LogP contribution >= 0.6 is 0 Å². The second-order valence-corrected chi connectivity index (χ2v) is 7.67. The van der Waals surface area contributed by atoms with Gasteiger partial charge in [0.25, 0.3) is 0 Å². The minimum absolute atomic E-state index is 0.115. The molecule has 7 nitrogen and oxygen atoms in total. The molecule has 0 atom stereocenters. The lowest BCUT2D eigenvalue weighted by Gasteiger charge is -2.38. The van der Waals surface area contributed by atoms with Gasteiger partial charge in [-0.1, -0.05) is 6.92 Å². The van der Waals surface area contributed by atoms with Crippen LogP contribution in [0.1, 0.15) is 32.6 Å². The van der Waals surface area contributed by atoms with E-state index in [-0.39, 0.29) is 11.9 Å². The van der Waals surface area contributed by atoms with E-state index in [1.54, 1.807) is 0 Å². The average Bonchev–Trinajstić information content (AvgIpc) is 2.64. The van der Waals surface area contributed by atoms with Gasteiger partial charge in [0.2, 0.25) is 5.91 Å². The molecule has 0 aromatic rings. The zero-order chi connectivity index (χ0) is 17.6. The number of carbonyl (C=O) groups is 2. The van der Waals surface area contributed by atoms with Gasteiger partial charge in [0.15, 0.2) is 0 Å². The van der Waals surface area contributed by atoms with Crippen LogP contribution in [0.15, 0.2) is 0 Å². The number of nitrogens with zero attached hydrogens (tertiary/aromatic N) is 3. The Kier molecular flexibility index (Phi) is 6.53. The Labute approximate surface area is 150 Å². The Balaban J connectivity index is 1.35. The number of amides is 3. The summed E-state index contributed by atoms with van der Waals surface area (Å²) in [6, 6.07) is 0.469. The summed E-state index contributed by atoms with van der Waals surface area (Å²) in [5, 5.41) is 3.19. The second kappa shape index (κ2) is 8.85. The van der Waals surface area contributed by atoms with Gasteiger partial charge in [0, 0.05) is 45.3 Å². The topological polar surface area (TPSA) is 65.1 Å². The molecule has 1 saturated carbocycles. The maximum Gasteiger partial charge on any atom is 0.320 e. The van der Waals surface area contributed by atoms with Crippen LogP contribution in [0.3, 0.4) is 0 Å². The molecule has 3 rings (SSSR count). The van der Waals surface area contributed by atoms with Crippen molar-refractivity contribution in [3.8, 4) is 0 Å². The number of urea groups is 1. The normalized spacial score (nSPS) is 28.7. The fraction of sp³-hybridized carbons (Fsp3) is 0.889. The first-order valence-corrected chi connectivity index (χ1v) is 9.75. The highest BCUT2D eigenvalue weighted by molar-refractivity contribution is 5.78. The largest absolute Gasteiger partial charge is 0.378 e. The summed E-state index contributed by atoms with van der Waals surface area (Å²) in [6.07, 6.45) is 4.64. The van der Waals surface area contributed by atoms with E-state index in [9.17, 15) is 9.59 Å². The number of hydrogen-bond acceptors (Lipinski definition) is 4. The monoisotopic (exact) mass is 352 g/mol. The predicted molar refractivity (Wildman–Crippen MR) is 95.4 cm³/mol. The average molecular weight is 352 g/mol. The zero-order valence-electron chi connectivity index (χ0n) is 15.4. The minimum atomic E-state index is 0.115. The fourth-order valence-corrected chi connectivity index (χ4v) is 3.93. The van der Waals surface area contributed by atoms with E-state index in [1.807, 2.05) is 9.80 Å². The molecule has 1 N–H and O–H groups in total. The van der Waals surface area contributed by atoms with Crippen molar-refractivity contribution < 1.29 is 14.3 Å². The van der Waals surface area contributed by atoms with Gasteiger partial charge in [-0.3, -0.25) is 9.69 Å². The van der Waals surface area contributed by atoms with Crippen LogP contribution in [0.25, 0.3) is 0 Å². The Morgan fingerprint density at radius 2 is 1.52 bits per heavy atom. The van der Waals surface area contributed by atoms with Crippen molar-refractivity contribution in [2.75, 3.05) is 59.0 Å². The van der Waals surface area contributed by atoms with Crippen molar-refractivity contribution >= 4 is 11.9 Å². The summed E-state index contributed by atoms with van der Waals surface area (Å²) < 4.78 is 5.30. The van der Waals surface area contributed by atoms with Crippen LogP contribution in [-0.4, -0.2) is 91.7 Å². The number of nitrogens with one attached hydrogen (secondary N) is 1. The molecule has 3 aliphatic rings. The van der Waals surface area contributed by atoms with Gasteiger partial charge in [0.05, 0.1) is 19.8 Å². The van der Waals surface area contributed by atoms with Crippen molar-refractivity contribution in [3.63, 3.8) is 0 Å². The third-order valence-corrected chi connectivity index (χ3v) is 5.67. The first kappa shape index (κ1) is 18.5. The van der Waals surface area contributed by atoms with Crippen molar-refractivity contribution in [1.82, 2.24) is 20.0 Å². The van der Waals surface area contributed by atoms with E-state index < -0.39 is 0 Å². The van der Waals surface area contributed by atoms with Crippen LogP contribution < -0.4 is 5.32 Å². The summed E-state index contributed by atoms with van der Waals surface area (Å²) in [4.78, 5) is 30.7. The highest BCUT2D eigenvalue weighted by Crippen LogP contribution is 2.23. The van der Waals surface area contributed by atoms with Crippen LogP contribution in [0, 0.1) is 5.92 Å². The molecule has 2 heterocycles. The number of piperazine rings is 1. The highest BCUT2D eigenvalue weighted by atomic mass is 16.5. The van der Waals surface area contributed by atoms with Crippen LogP contribution in [0.2, 0.25) is 0 Å². The Morgan fingerprint density at radius 3 is 2.16 bits per heavy atom. The lowest BCUT2D eigenvalue weighted by Crippen LogP contribution is -2.56. The summed E-state index contributed by atoms with van der Waals surface area (Å²) in [6.45, 7) is 8.30. The molecule has 0 spiro atoms. The van der Waals surface area contributed by atoms with E-state index in [1.165, 1.54) is 12.8 Å². The molecule has 3 amide bonds. The van der Waals surface area contributed by atoms with Gasteiger partial charge < -0.3 is 19.9 Å². The second-order valence-electron chi connectivity index (χ2n) is 7.67. The van der Waals surface area contributed by atoms with E-state index in [4.69, 9.17) is 4.74 Å². The number of ether oxygens (including phenoxy) is 1. The molecule has 1 aliphatic carbocycles. The van der Waals surface area contributed by atoms with E-state index in [0.29, 0.717) is 52.0 Å². The Bertz CT molecular complexity index is 451. The van der Waals surface area contributed by atoms with E-state index in [0.717, 1.165) is 31.8 Å². The molecule has 2 saturated heterocycles. The lowest BCUT2D eigenvalue weighted by molar-refractivity contribution is -0.123. The van der Waals surface area contributed by atoms with Crippen LogP contribution in [0.4, 0.5) is 4.79 Å². The predicted octanol–water partition coefficient (Wildman–Crippen LogP) is 0.751. The number of morpholine rings is 1. The maximum atomic E-state index is 12.5. The van der Waals surface area contributed by atoms with Gasteiger partial charge in [0.1, 0.15) is 0 Å². The number of rotatable bonds is 3. The van der Waals surface area contributed by atoms with Gasteiger partial charge in [-0.05, 0) is 31.6 Å². The van der Waals surface area contributed by atoms with Gasteiger partial charge >= 0.3 is 6.03 Å². The quantitative estimate of drug-likeness (QED) is 0.814. The molecule has 7 heteroatoms. The molecule has 0 radical (unpaired) electrons. The third kappa shape index (κ3) is 5.31. The van der Waals surface area contributed by atoms with Crippen molar-refractivity contribution in [3.05, 3.63) is 0 Å². The maximum absolute atomic E-state index is 12.5. The molecule has 0 bridgehead atoms. The van der Waals surface area contributed by atoms with Gasteiger partial charge in [-0.15, -0.1) is 0 Å². The SMILES string of the molecule is CC1CCC(NC(=O)CN2CCN(C(=O)N3CCOCC3)CC2)CC1. The van der Waals surface area contributed by atoms with Crippen LogP contribution in [-0.2, 0) is 9.53 Å². The number of hydrogen-bond donors (Lipinski definition) is 1. The first-order valence-electron chi connectivity index (χ1n) is 9.75. The summed E-state index contributed by atoms with van der Waals surface area (Å²) in [5.74, 6) is 0.928. The minimum Gasteiger partial charge on any atom is -0.378 e. The first-order chi connectivity index (χ1) is 12.1. The third-order valence-electron chi connectivity index (χ3n) is 5.67. The standard InChI is InChI=1S/C18H32N4O3/c1-15-2-4-16(5-3-15)19-17(23)14-20-6-8-21(9-7-20)18(24)22-10-12-25-13-11-22/h15-16H,2-14H2,1H3,(H,19,23). The summed E-state index contributed by atoms with van der Waals surface area (Å²) >= 11 is 0. The number of carbonyl (C=O) groups excluding carboxylic acids is 2. The molecule has 0 aromatic carbocycles. The fourth-order valence-electron chi connectivity index (χ4n) is 3.93. The lowest BCUT2D eigenvalue weighted by atomic mass is 9.87. The van der Waals surface area contributed by atoms with Gasteiger partial charge in [-0.25, -0.2) is 4.79 Å².